The average Bonchev–Trinajstić information content (AvgIpc) is 3.08. The first-order chi connectivity index (χ1) is 25.1. The minimum atomic E-state index is -5.60. The van der Waals surface area contributed by atoms with Gasteiger partial charge < -0.3 is 61.9 Å². The lowest BCUT2D eigenvalue weighted by Gasteiger charge is -2.18. The standard InChI is InChI=1S/C10H12F2NO5P.C10H12NO6P.C9H12NO5P.C2H4/c11-10(12,19(16,17)18)7-3-1-6(2-4-7)5-8(13)9(14)15;11-8(9(12)13)5-6-1-3-7(4-2-6)10(14)18(15,16)17;10-8(9(11)12)5-6-1-3-7(4-2-6)16(13,14)15;1-2/h1-4,8H,5,13H2,(H,14,15)(H2,16,17,18);1-4,8H,5,11H2,(H,12,13)(H2,15,16,17);1-4,8H,5,10H2,(H,11,12)(H2,13,14,15);1-2H2. The minimum Gasteiger partial charge on any atom is -0.480 e. The van der Waals surface area contributed by atoms with Crippen LogP contribution in [0.25, 0.3) is 0 Å². The molecule has 0 saturated carbocycles. The molecule has 3 unspecified atom stereocenters. The van der Waals surface area contributed by atoms with Crippen LogP contribution in [0.3, 0.4) is 0 Å². The number of carboxylic acid groups (broad SMARTS) is 3. The van der Waals surface area contributed by atoms with E-state index in [0.717, 1.165) is 24.3 Å². The van der Waals surface area contributed by atoms with Gasteiger partial charge in [-0.05, 0) is 48.1 Å². The molecule has 0 spiro atoms. The number of hydrogen-bond donors (Lipinski definition) is 12. The second-order valence-electron chi connectivity index (χ2n) is 11.0. The number of carbonyl (C=O) groups excluding carboxylic acids is 1. The Morgan fingerprint density at radius 1 is 0.582 bits per heavy atom. The van der Waals surface area contributed by atoms with Gasteiger partial charge in [0.1, 0.15) is 18.1 Å². The summed E-state index contributed by atoms with van der Waals surface area (Å²) in [5, 5.41) is 25.7. The number of halogens is 2. The molecule has 55 heavy (non-hydrogen) atoms. The Morgan fingerprint density at radius 2 is 0.873 bits per heavy atom. The van der Waals surface area contributed by atoms with Crippen LogP contribution in [-0.2, 0) is 53.0 Å². The third-order valence-electron chi connectivity index (χ3n) is 6.72. The fourth-order valence-electron chi connectivity index (χ4n) is 3.81. The summed E-state index contributed by atoms with van der Waals surface area (Å²) in [6.45, 7) is 6.00. The zero-order valence-electron chi connectivity index (χ0n) is 28.4. The number of aliphatic carboxylic acids is 3. The molecule has 0 aliphatic rings. The maximum absolute atomic E-state index is 13.3. The highest BCUT2D eigenvalue weighted by molar-refractivity contribution is 7.70. The number of benzene rings is 3. The molecule has 0 aliphatic carbocycles. The van der Waals surface area contributed by atoms with Crippen LogP contribution in [0.5, 0.6) is 0 Å². The molecule has 0 aromatic heterocycles. The van der Waals surface area contributed by atoms with E-state index in [1.165, 1.54) is 48.5 Å². The Morgan fingerprint density at radius 3 is 1.13 bits per heavy atom. The highest BCUT2D eigenvalue weighted by atomic mass is 31.2. The van der Waals surface area contributed by atoms with Gasteiger partial charge in [-0.15, -0.1) is 13.2 Å². The van der Waals surface area contributed by atoms with Gasteiger partial charge in [0.15, 0.2) is 0 Å². The highest BCUT2D eigenvalue weighted by Gasteiger charge is 2.50. The molecule has 304 valence electrons. The van der Waals surface area contributed by atoms with Crippen molar-refractivity contribution in [1.82, 2.24) is 0 Å². The van der Waals surface area contributed by atoms with Crippen molar-refractivity contribution in [3.63, 3.8) is 0 Å². The lowest BCUT2D eigenvalue weighted by Crippen LogP contribution is -2.32. The van der Waals surface area contributed by atoms with Crippen LogP contribution < -0.4 is 22.5 Å². The lowest BCUT2D eigenvalue weighted by atomic mass is 10.0. The first-order valence-electron chi connectivity index (χ1n) is 14.9. The quantitative estimate of drug-likeness (QED) is 0.0797. The van der Waals surface area contributed by atoms with Crippen LogP contribution >= 0.6 is 22.8 Å². The van der Waals surface area contributed by atoms with Crippen molar-refractivity contribution in [1.29, 1.82) is 0 Å². The summed E-state index contributed by atoms with van der Waals surface area (Å²) in [5.74, 6) is -3.49. The first-order valence-corrected chi connectivity index (χ1v) is 19.7. The summed E-state index contributed by atoms with van der Waals surface area (Å²) in [4.78, 5) is 94.9. The lowest BCUT2D eigenvalue weighted by molar-refractivity contribution is -0.139. The van der Waals surface area contributed by atoms with Crippen LogP contribution in [0.4, 0.5) is 8.78 Å². The summed E-state index contributed by atoms with van der Waals surface area (Å²) < 4.78 is 58.8. The maximum atomic E-state index is 13.3. The summed E-state index contributed by atoms with van der Waals surface area (Å²) >= 11 is 0. The number of alkyl halides is 2. The monoisotopic (exact) mass is 841 g/mol. The van der Waals surface area contributed by atoms with Crippen LogP contribution in [0, 0.1) is 0 Å². The fourth-order valence-corrected chi connectivity index (χ4v) is 5.32. The van der Waals surface area contributed by atoms with E-state index in [2.05, 4.69) is 13.2 Å². The van der Waals surface area contributed by atoms with E-state index in [-0.39, 0.29) is 30.1 Å². The number of nitrogens with two attached hydrogens (primary N) is 3. The van der Waals surface area contributed by atoms with E-state index < -0.39 is 75.6 Å². The molecule has 24 heteroatoms. The van der Waals surface area contributed by atoms with Gasteiger partial charge >= 0.3 is 46.4 Å². The number of carboxylic acids is 3. The third-order valence-corrected chi connectivity index (χ3v) is 9.47. The smallest absolute Gasteiger partial charge is 0.399 e. The molecule has 3 atom stereocenters. The van der Waals surface area contributed by atoms with E-state index in [9.17, 15) is 41.7 Å². The fraction of sp³-hybridized carbons (Fsp3) is 0.226. The van der Waals surface area contributed by atoms with Crippen molar-refractivity contribution in [3.05, 3.63) is 114 Å². The summed E-state index contributed by atoms with van der Waals surface area (Å²) in [6.07, 6.45) is 0.119. The van der Waals surface area contributed by atoms with Crippen molar-refractivity contribution < 1.29 is 86.3 Å². The van der Waals surface area contributed by atoms with E-state index in [0.29, 0.717) is 16.7 Å². The topological polar surface area (TPSA) is 380 Å². The molecule has 0 radical (unpaired) electrons. The van der Waals surface area contributed by atoms with E-state index >= 15 is 0 Å². The van der Waals surface area contributed by atoms with Crippen molar-refractivity contribution >= 4 is 51.5 Å². The largest absolute Gasteiger partial charge is 0.480 e. The summed E-state index contributed by atoms with van der Waals surface area (Å²) in [7, 11) is -14.6. The van der Waals surface area contributed by atoms with E-state index in [4.69, 9.17) is 61.9 Å². The minimum absolute atomic E-state index is 0.0692. The maximum Gasteiger partial charge on any atom is 0.399 e. The third kappa shape index (κ3) is 17.3. The van der Waals surface area contributed by atoms with Crippen LogP contribution in [0.15, 0.2) is 86.0 Å². The Balaban J connectivity index is 0.000000779. The second kappa shape index (κ2) is 21.7. The van der Waals surface area contributed by atoms with Gasteiger partial charge in [-0.2, -0.15) is 8.78 Å². The molecule has 0 heterocycles. The van der Waals surface area contributed by atoms with Gasteiger partial charge in [-0.3, -0.25) is 32.9 Å². The Labute approximate surface area is 311 Å². The molecule has 0 amide bonds. The predicted molar refractivity (Wildman–Crippen MR) is 193 cm³/mol. The molecule has 15 N–H and O–H groups in total. The Kier molecular flexibility index (Phi) is 20.0. The molecule has 0 fully saturated rings. The van der Waals surface area contributed by atoms with Crippen molar-refractivity contribution in [2.24, 2.45) is 17.2 Å². The second-order valence-corrected chi connectivity index (χ2v) is 15.7. The Bertz CT molecular complexity index is 1900. The van der Waals surface area contributed by atoms with Crippen molar-refractivity contribution in [2.75, 3.05) is 0 Å². The zero-order valence-corrected chi connectivity index (χ0v) is 31.1. The van der Waals surface area contributed by atoms with Gasteiger partial charge in [0.25, 0.3) is 5.52 Å². The molecule has 3 aromatic rings. The first kappa shape index (κ1) is 50.7. The van der Waals surface area contributed by atoms with Crippen molar-refractivity contribution in [3.8, 4) is 0 Å². The molecule has 0 saturated heterocycles. The molecule has 19 nitrogen and oxygen atoms in total. The van der Waals surface area contributed by atoms with Gasteiger partial charge in [0, 0.05) is 11.1 Å². The van der Waals surface area contributed by atoms with Crippen LogP contribution in [-0.4, -0.2) is 86.2 Å². The van der Waals surface area contributed by atoms with Crippen LogP contribution in [0.1, 0.15) is 32.6 Å². The summed E-state index contributed by atoms with van der Waals surface area (Å²) in [5.41, 5.74) is 11.0. The van der Waals surface area contributed by atoms with Gasteiger partial charge in [-0.25, -0.2) is 0 Å². The van der Waals surface area contributed by atoms with Crippen LogP contribution in [0.2, 0.25) is 0 Å². The normalized spacial score (nSPS) is 13.1. The zero-order chi connectivity index (χ0) is 43.1. The van der Waals surface area contributed by atoms with Gasteiger partial charge in [-0.1, -0.05) is 60.7 Å². The highest BCUT2D eigenvalue weighted by Crippen LogP contribution is 2.59. The molecule has 3 rings (SSSR count). The van der Waals surface area contributed by atoms with Gasteiger partial charge in [0.2, 0.25) is 0 Å². The van der Waals surface area contributed by atoms with E-state index in [1.54, 1.807) is 0 Å². The molecule has 3 aromatic carbocycles. The van der Waals surface area contributed by atoms with E-state index in [1.807, 2.05) is 0 Å². The number of carbonyl (C=O) groups is 4. The van der Waals surface area contributed by atoms with Gasteiger partial charge in [0.05, 0.1) is 5.30 Å². The number of hydrogen-bond acceptors (Lipinski definition) is 10. The molecular weight excluding hydrogens is 801 g/mol. The molecule has 0 aliphatic heterocycles. The SMILES string of the molecule is C=C.NC(Cc1ccc(C(=O)P(=O)(O)O)cc1)C(=O)O.NC(Cc1ccc(C(F)(F)P(=O)(O)O)cc1)C(=O)O.NC(Cc1ccc(P(=O)(O)O)cc1)C(=O)O. The molecular formula is C31H40F2N3O16P3. The number of rotatable bonds is 14. The Hall–Kier alpha value is -4.33. The molecule has 0 bridgehead atoms. The summed E-state index contributed by atoms with van der Waals surface area (Å²) in [6, 6.07) is 11.5. The van der Waals surface area contributed by atoms with Crippen molar-refractivity contribution in [2.45, 2.75) is 43.1 Å². The average molecular weight is 842 g/mol. The predicted octanol–water partition coefficient (Wildman–Crippen LogP) is 1.07.